The van der Waals surface area contributed by atoms with E-state index < -0.39 is 10.9 Å². The molecular formula is C21H16FN5O5. The van der Waals surface area contributed by atoms with Gasteiger partial charge in [-0.3, -0.25) is 10.1 Å². The first-order chi connectivity index (χ1) is 15.3. The number of halogens is 1. The Kier molecular flexibility index (Phi) is 5.46. The van der Waals surface area contributed by atoms with Gasteiger partial charge in [0.25, 0.3) is 11.6 Å². The molecule has 0 radical (unpaired) electrons. The molecule has 2 heterocycles. The number of carbonyl (C=O) groups is 1. The van der Waals surface area contributed by atoms with E-state index in [4.69, 9.17) is 9.15 Å². The fourth-order valence-electron chi connectivity index (χ4n) is 3.13. The van der Waals surface area contributed by atoms with Crippen molar-refractivity contribution in [2.75, 3.05) is 0 Å². The summed E-state index contributed by atoms with van der Waals surface area (Å²) in [6.45, 7) is 3.11. The molecule has 0 unspecified atom stereocenters. The largest absolute Gasteiger partial charge is 0.452 e. The van der Waals surface area contributed by atoms with Gasteiger partial charge in [0.15, 0.2) is 6.61 Å². The lowest BCUT2D eigenvalue weighted by Crippen LogP contribution is -2.08. The third kappa shape index (κ3) is 4.08. The molecule has 0 bridgehead atoms. The second-order valence-corrected chi connectivity index (χ2v) is 6.82. The zero-order valence-corrected chi connectivity index (χ0v) is 17.0. The number of benzene rings is 2. The van der Waals surface area contributed by atoms with Crippen molar-refractivity contribution in [2.24, 2.45) is 0 Å². The van der Waals surface area contributed by atoms with Crippen molar-refractivity contribution in [2.45, 2.75) is 20.5 Å². The highest BCUT2D eigenvalue weighted by Gasteiger charge is 2.22. The number of nitro benzene ring substituents is 1. The van der Waals surface area contributed by atoms with Gasteiger partial charge in [-0.25, -0.2) is 13.9 Å². The van der Waals surface area contributed by atoms with Gasteiger partial charge in [0.2, 0.25) is 5.89 Å². The number of ether oxygens (including phenoxy) is 1. The lowest BCUT2D eigenvalue weighted by Gasteiger charge is -2.05. The van der Waals surface area contributed by atoms with Crippen molar-refractivity contribution in [1.82, 2.24) is 20.0 Å². The number of carbonyl (C=O) groups excluding carboxylic acids is 1. The number of nitrogens with zero attached hydrogens (tertiary/aromatic N) is 5. The standard InChI is InChI=1S/C21H16FN5O5/c1-12-19(13(2)26(25-12)16-9-5-15(22)6-10-16)21(28)31-11-18-23-24-20(32-18)14-3-7-17(8-4-14)27(29)30/h3-10H,11H2,1-2H3. The van der Waals surface area contributed by atoms with Crippen LogP contribution in [0.2, 0.25) is 0 Å². The summed E-state index contributed by atoms with van der Waals surface area (Å²) in [6.07, 6.45) is 0. The molecule has 4 aromatic rings. The Bertz CT molecular complexity index is 1300. The summed E-state index contributed by atoms with van der Waals surface area (Å²) < 4.78 is 25.5. The van der Waals surface area contributed by atoms with Crippen molar-refractivity contribution in [1.29, 1.82) is 0 Å². The maximum atomic E-state index is 13.2. The molecule has 2 aromatic carbocycles. The number of aryl methyl sites for hydroxylation is 1. The van der Waals surface area contributed by atoms with Gasteiger partial charge in [-0.05, 0) is 50.2 Å². The first kappa shape index (κ1) is 20.8. The van der Waals surface area contributed by atoms with Crippen LogP contribution in [0.15, 0.2) is 52.9 Å². The fourth-order valence-corrected chi connectivity index (χ4v) is 3.13. The Balaban J connectivity index is 1.46. The Labute approximate surface area is 180 Å². The number of aromatic nitrogens is 4. The summed E-state index contributed by atoms with van der Waals surface area (Å²) in [7, 11) is 0. The van der Waals surface area contributed by atoms with E-state index in [0.717, 1.165) is 0 Å². The normalized spacial score (nSPS) is 10.8. The van der Waals surface area contributed by atoms with Crippen molar-refractivity contribution < 1.29 is 23.3 Å². The summed E-state index contributed by atoms with van der Waals surface area (Å²) >= 11 is 0. The van der Waals surface area contributed by atoms with Gasteiger partial charge in [-0.2, -0.15) is 5.10 Å². The van der Waals surface area contributed by atoms with Crippen molar-refractivity contribution >= 4 is 11.7 Å². The molecular weight excluding hydrogens is 421 g/mol. The van der Waals surface area contributed by atoms with Crippen LogP contribution >= 0.6 is 0 Å². The first-order valence-corrected chi connectivity index (χ1v) is 9.40. The Morgan fingerprint density at radius 2 is 1.81 bits per heavy atom. The lowest BCUT2D eigenvalue weighted by molar-refractivity contribution is -0.384. The van der Waals surface area contributed by atoms with Crippen LogP contribution in [0.3, 0.4) is 0 Å². The molecule has 0 saturated carbocycles. The molecule has 0 atom stereocenters. The number of hydrogen-bond acceptors (Lipinski definition) is 8. The van der Waals surface area contributed by atoms with Gasteiger partial charge < -0.3 is 9.15 Å². The van der Waals surface area contributed by atoms with Crippen LogP contribution in [0, 0.1) is 29.8 Å². The van der Waals surface area contributed by atoms with Crippen LogP contribution in [0.5, 0.6) is 0 Å². The van der Waals surface area contributed by atoms with Crippen LogP contribution in [-0.4, -0.2) is 30.9 Å². The van der Waals surface area contributed by atoms with Crippen molar-refractivity contribution in [3.8, 4) is 17.1 Å². The summed E-state index contributed by atoms with van der Waals surface area (Å²) in [5.74, 6) is -0.790. The lowest BCUT2D eigenvalue weighted by atomic mass is 10.2. The minimum Gasteiger partial charge on any atom is -0.452 e. The van der Waals surface area contributed by atoms with Crippen LogP contribution in [0.4, 0.5) is 10.1 Å². The topological polar surface area (TPSA) is 126 Å². The van der Waals surface area contributed by atoms with E-state index in [2.05, 4.69) is 15.3 Å². The van der Waals surface area contributed by atoms with E-state index >= 15 is 0 Å². The van der Waals surface area contributed by atoms with Gasteiger partial charge in [-0.15, -0.1) is 10.2 Å². The van der Waals surface area contributed by atoms with E-state index in [9.17, 15) is 19.3 Å². The van der Waals surface area contributed by atoms with E-state index in [-0.39, 0.29) is 35.5 Å². The Morgan fingerprint density at radius 1 is 1.12 bits per heavy atom. The quantitative estimate of drug-likeness (QED) is 0.252. The molecule has 0 aliphatic carbocycles. The highest BCUT2D eigenvalue weighted by atomic mass is 19.1. The molecule has 2 aromatic heterocycles. The molecule has 0 saturated heterocycles. The first-order valence-electron chi connectivity index (χ1n) is 9.40. The van der Waals surface area contributed by atoms with Crippen LogP contribution < -0.4 is 0 Å². The molecule has 0 spiro atoms. The molecule has 0 aliphatic rings. The summed E-state index contributed by atoms with van der Waals surface area (Å²) in [5, 5.41) is 22.8. The fraction of sp³-hybridized carbons (Fsp3) is 0.143. The molecule has 32 heavy (non-hydrogen) atoms. The number of nitro groups is 1. The molecule has 4 rings (SSSR count). The molecule has 0 aliphatic heterocycles. The van der Waals surface area contributed by atoms with E-state index in [1.807, 2.05) is 0 Å². The van der Waals surface area contributed by atoms with Crippen LogP contribution in [0.25, 0.3) is 17.1 Å². The number of esters is 1. The Morgan fingerprint density at radius 3 is 2.47 bits per heavy atom. The molecule has 162 valence electrons. The van der Waals surface area contributed by atoms with Gasteiger partial charge >= 0.3 is 5.97 Å². The number of non-ortho nitro benzene ring substituents is 1. The zero-order chi connectivity index (χ0) is 22.8. The van der Waals surface area contributed by atoms with Gasteiger partial charge in [0.1, 0.15) is 11.4 Å². The van der Waals surface area contributed by atoms with Gasteiger partial charge in [0, 0.05) is 17.7 Å². The van der Waals surface area contributed by atoms with Gasteiger partial charge in [0.05, 0.1) is 22.0 Å². The Hall–Kier alpha value is -4.41. The molecule has 11 heteroatoms. The molecule has 0 N–H and O–H groups in total. The minimum atomic E-state index is -0.622. The van der Waals surface area contributed by atoms with E-state index in [1.165, 1.54) is 41.1 Å². The number of rotatable bonds is 6. The van der Waals surface area contributed by atoms with Crippen molar-refractivity contribution in [3.63, 3.8) is 0 Å². The summed E-state index contributed by atoms with van der Waals surface area (Å²) in [5.41, 5.74) is 2.31. The van der Waals surface area contributed by atoms with E-state index in [0.29, 0.717) is 22.6 Å². The van der Waals surface area contributed by atoms with Crippen LogP contribution in [-0.2, 0) is 11.3 Å². The SMILES string of the molecule is Cc1nn(-c2ccc(F)cc2)c(C)c1C(=O)OCc1nnc(-c2ccc([N+](=O)[O-])cc2)o1. The summed E-state index contributed by atoms with van der Waals surface area (Å²) in [4.78, 5) is 22.9. The third-order valence-electron chi connectivity index (χ3n) is 4.69. The average Bonchev–Trinajstić information content (AvgIpc) is 3.37. The van der Waals surface area contributed by atoms with Crippen molar-refractivity contribution in [3.05, 3.63) is 87.3 Å². The molecule has 10 nitrogen and oxygen atoms in total. The zero-order valence-electron chi connectivity index (χ0n) is 17.0. The monoisotopic (exact) mass is 437 g/mol. The maximum absolute atomic E-state index is 13.2. The third-order valence-corrected chi connectivity index (χ3v) is 4.69. The van der Waals surface area contributed by atoms with Gasteiger partial charge in [-0.1, -0.05) is 0 Å². The molecule has 0 fully saturated rings. The highest BCUT2D eigenvalue weighted by Crippen LogP contribution is 2.23. The summed E-state index contributed by atoms with van der Waals surface area (Å²) in [6, 6.07) is 11.3. The second-order valence-electron chi connectivity index (χ2n) is 6.82. The van der Waals surface area contributed by atoms with E-state index in [1.54, 1.807) is 26.0 Å². The average molecular weight is 437 g/mol. The predicted molar refractivity (Wildman–Crippen MR) is 109 cm³/mol. The smallest absolute Gasteiger partial charge is 0.342 e. The second kappa shape index (κ2) is 8.38. The maximum Gasteiger partial charge on any atom is 0.342 e. The van der Waals surface area contributed by atoms with Crippen LogP contribution in [0.1, 0.15) is 27.6 Å². The highest BCUT2D eigenvalue weighted by molar-refractivity contribution is 5.92. The predicted octanol–water partition coefficient (Wildman–Crippen LogP) is 3.94. The molecule has 0 amide bonds. The number of hydrogen-bond donors (Lipinski definition) is 0. The minimum absolute atomic E-state index is 0.0608.